The van der Waals surface area contributed by atoms with Crippen LogP contribution in [0.1, 0.15) is 39.7 Å². The van der Waals surface area contributed by atoms with Crippen molar-refractivity contribution in [3.8, 4) is 17.2 Å². The summed E-state index contributed by atoms with van der Waals surface area (Å²) < 4.78 is 12.4. The molecule has 2 aromatic carbocycles. The molecule has 4 heterocycles. The van der Waals surface area contributed by atoms with Gasteiger partial charge in [0, 0.05) is 30.6 Å². The predicted octanol–water partition coefficient (Wildman–Crippen LogP) is 6.66. The zero-order chi connectivity index (χ0) is 33.0. The number of rotatable bonds is 9. The van der Waals surface area contributed by atoms with Crippen LogP contribution < -0.4 is 10.6 Å². The maximum absolute atomic E-state index is 12.9. The van der Waals surface area contributed by atoms with Gasteiger partial charge in [-0.3, -0.25) is 9.59 Å². The first-order chi connectivity index (χ1) is 22.7. The van der Waals surface area contributed by atoms with Crippen LogP contribution >= 0.6 is 22.9 Å². The summed E-state index contributed by atoms with van der Waals surface area (Å²) in [6, 6.07) is 22.4. The Morgan fingerprint density at radius 3 is 2.47 bits per heavy atom. The number of thiophene rings is 1. The number of aromatic nitrogens is 3. The molecule has 7 rings (SSSR count). The van der Waals surface area contributed by atoms with E-state index in [4.69, 9.17) is 25.6 Å². The number of nitrogens with zero attached hydrogens (tertiary/aromatic N) is 3. The molecule has 6 aromatic rings. The Bertz CT molecular complexity index is 2060. The third-order valence-electron chi connectivity index (χ3n) is 7.42. The van der Waals surface area contributed by atoms with E-state index in [1.54, 1.807) is 42.6 Å². The molecule has 47 heavy (non-hydrogen) atoms. The fraction of sp³-hybridized carbons (Fsp3) is 0.147. The molecule has 238 valence electrons. The molecule has 0 atom stereocenters. The zero-order valence-electron chi connectivity index (χ0n) is 25.0. The van der Waals surface area contributed by atoms with Crippen LogP contribution in [0.3, 0.4) is 0 Å². The summed E-state index contributed by atoms with van der Waals surface area (Å²) in [5.41, 5.74) is 2.45. The Labute approximate surface area is 277 Å². The van der Waals surface area contributed by atoms with Crippen LogP contribution in [0.2, 0.25) is 5.02 Å². The smallest absolute Gasteiger partial charge is 0.345 e. The number of carboxylic acids is 1. The van der Waals surface area contributed by atoms with Gasteiger partial charge in [-0.05, 0) is 66.3 Å². The number of furan rings is 1. The standard InChI is InChI=1S/C29H24ClN5O4.C5H4O2S/c1-18-32-27(34-39-18)26-25(30)22-6-2-3-7-23(22)35(26)20-10-8-19(9-11-20)17-31-28(37)29(14-15-29)33-24(36)13-12-21-5-4-16-38-21;6-5(7)4-2-1-3-8-4/h2-13,16H,14-15,17H2,1H3,(H,31,37)(H,33,36);1-3H,(H,6,7). The second-order valence-electron chi connectivity index (χ2n) is 10.7. The van der Waals surface area contributed by atoms with Gasteiger partial charge < -0.3 is 29.2 Å². The summed E-state index contributed by atoms with van der Waals surface area (Å²) in [4.78, 5) is 40.1. The second kappa shape index (κ2) is 13.5. The van der Waals surface area contributed by atoms with E-state index < -0.39 is 11.5 Å². The molecule has 3 N–H and O–H groups in total. The van der Waals surface area contributed by atoms with E-state index in [9.17, 15) is 14.4 Å². The van der Waals surface area contributed by atoms with Crippen molar-refractivity contribution < 1.29 is 28.4 Å². The largest absolute Gasteiger partial charge is 0.477 e. The lowest BCUT2D eigenvalue weighted by molar-refractivity contribution is -0.128. The van der Waals surface area contributed by atoms with E-state index in [1.807, 2.05) is 53.1 Å². The summed E-state index contributed by atoms with van der Waals surface area (Å²) in [6.45, 7) is 2.05. The summed E-state index contributed by atoms with van der Waals surface area (Å²) >= 11 is 8.00. The highest BCUT2D eigenvalue weighted by Gasteiger charge is 2.50. The molecule has 13 heteroatoms. The predicted molar refractivity (Wildman–Crippen MR) is 177 cm³/mol. The van der Waals surface area contributed by atoms with E-state index >= 15 is 0 Å². The molecule has 0 aliphatic heterocycles. The molecule has 0 unspecified atom stereocenters. The first-order valence-electron chi connectivity index (χ1n) is 14.5. The fourth-order valence-electron chi connectivity index (χ4n) is 4.93. The molecule has 0 spiro atoms. The average Bonchev–Trinajstić information content (AvgIpc) is 3.59. The normalized spacial score (nSPS) is 13.2. The molecular weight excluding hydrogens is 642 g/mol. The van der Waals surface area contributed by atoms with E-state index in [0.29, 0.717) is 52.5 Å². The van der Waals surface area contributed by atoms with Gasteiger partial charge in [0.2, 0.25) is 23.5 Å². The van der Waals surface area contributed by atoms with Crippen molar-refractivity contribution in [2.45, 2.75) is 31.8 Å². The molecular formula is C34H28ClN5O6S. The lowest BCUT2D eigenvalue weighted by Gasteiger charge is -2.16. The summed E-state index contributed by atoms with van der Waals surface area (Å²) in [5.74, 6) is 0.0263. The SMILES string of the molecule is Cc1nc(-c2c(Cl)c3ccccc3n2-c2ccc(CNC(=O)C3(NC(=O)C=Cc4ccco4)CC3)cc2)no1.O=C(O)c1cccs1. The van der Waals surface area contributed by atoms with E-state index in [0.717, 1.165) is 22.2 Å². The van der Waals surface area contributed by atoms with Crippen molar-refractivity contribution in [2.75, 3.05) is 0 Å². The number of carbonyl (C=O) groups excluding carboxylic acids is 2. The van der Waals surface area contributed by atoms with Crippen molar-refractivity contribution in [3.05, 3.63) is 118 Å². The maximum Gasteiger partial charge on any atom is 0.345 e. The van der Waals surface area contributed by atoms with Crippen LogP contribution in [0.5, 0.6) is 0 Å². The number of halogens is 1. The molecule has 1 saturated carbocycles. The minimum atomic E-state index is -0.872. The Kier molecular flexibility index (Phi) is 9.05. The Morgan fingerprint density at radius 1 is 1.06 bits per heavy atom. The van der Waals surface area contributed by atoms with Crippen molar-refractivity contribution in [3.63, 3.8) is 0 Å². The molecule has 0 bridgehead atoms. The van der Waals surface area contributed by atoms with Gasteiger partial charge in [-0.2, -0.15) is 4.98 Å². The highest BCUT2D eigenvalue weighted by atomic mass is 35.5. The number of benzene rings is 2. The monoisotopic (exact) mass is 669 g/mol. The molecule has 1 aliphatic carbocycles. The molecule has 4 aromatic heterocycles. The quantitative estimate of drug-likeness (QED) is 0.145. The average molecular weight is 670 g/mol. The molecule has 1 fully saturated rings. The number of fused-ring (bicyclic) bond motifs is 1. The number of nitrogens with one attached hydrogen (secondary N) is 2. The second-order valence-corrected chi connectivity index (χ2v) is 12.0. The zero-order valence-corrected chi connectivity index (χ0v) is 26.5. The minimum absolute atomic E-state index is 0.204. The van der Waals surface area contributed by atoms with E-state index in [2.05, 4.69) is 20.8 Å². The molecule has 11 nitrogen and oxygen atoms in total. The van der Waals surface area contributed by atoms with Crippen LogP contribution in [-0.2, 0) is 16.1 Å². The van der Waals surface area contributed by atoms with Crippen LogP contribution in [-0.4, -0.2) is 43.1 Å². The van der Waals surface area contributed by atoms with Gasteiger partial charge in [-0.25, -0.2) is 4.79 Å². The number of amides is 2. The summed E-state index contributed by atoms with van der Waals surface area (Å²) in [6.07, 6.45) is 5.66. The van der Waals surface area contributed by atoms with Crippen molar-refractivity contribution in [1.82, 2.24) is 25.3 Å². The number of hydrogen-bond acceptors (Lipinski definition) is 8. The van der Waals surface area contributed by atoms with Crippen LogP contribution in [0.15, 0.2) is 99.5 Å². The minimum Gasteiger partial charge on any atom is -0.477 e. The van der Waals surface area contributed by atoms with Gasteiger partial charge >= 0.3 is 5.97 Å². The first-order valence-corrected chi connectivity index (χ1v) is 15.8. The van der Waals surface area contributed by atoms with Crippen LogP contribution in [0.25, 0.3) is 34.2 Å². The van der Waals surface area contributed by atoms with Gasteiger partial charge in [0.1, 0.15) is 21.9 Å². The molecule has 2 amide bonds. The van der Waals surface area contributed by atoms with Crippen LogP contribution in [0.4, 0.5) is 0 Å². The van der Waals surface area contributed by atoms with Crippen molar-refractivity contribution >= 4 is 57.7 Å². The van der Waals surface area contributed by atoms with Gasteiger partial charge in [-0.15, -0.1) is 11.3 Å². The van der Waals surface area contributed by atoms with E-state index in [1.165, 1.54) is 23.7 Å². The Hall–Kier alpha value is -5.46. The maximum atomic E-state index is 12.9. The highest BCUT2D eigenvalue weighted by Crippen LogP contribution is 2.39. The van der Waals surface area contributed by atoms with Gasteiger partial charge in [0.25, 0.3) is 0 Å². The number of aryl methyl sites for hydroxylation is 1. The van der Waals surface area contributed by atoms with Gasteiger partial charge in [0.05, 0.1) is 16.8 Å². The summed E-state index contributed by atoms with van der Waals surface area (Å²) in [7, 11) is 0. The topological polar surface area (TPSA) is 152 Å². The van der Waals surface area contributed by atoms with E-state index in [-0.39, 0.29) is 11.8 Å². The Morgan fingerprint density at radius 2 is 1.85 bits per heavy atom. The Balaban J connectivity index is 0.000000424. The fourth-order valence-corrected chi connectivity index (χ4v) is 5.82. The lowest BCUT2D eigenvalue weighted by Crippen LogP contribution is -2.48. The highest BCUT2D eigenvalue weighted by molar-refractivity contribution is 7.11. The number of carboxylic acid groups (broad SMARTS) is 1. The summed E-state index contributed by atoms with van der Waals surface area (Å²) in [5, 5.41) is 21.3. The van der Waals surface area contributed by atoms with Crippen molar-refractivity contribution in [1.29, 1.82) is 0 Å². The third kappa shape index (κ3) is 7.03. The number of carbonyl (C=O) groups is 3. The molecule has 1 aliphatic rings. The third-order valence-corrected chi connectivity index (χ3v) is 8.66. The molecule has 0 saturated heterocycles. The van der Waals surface area contributed by atoms with Gasteiger partial charge in [0.15, 0.2) is 0 Å². The van der Waals surface area contributed by atoms with Crippen LogP contribution in [0, 0.1) is 6.92 Å². The van der Waals surface area contributed by atoms with Gasteiger partial charge in [-0.1, -0.05) is 53.2 Å². The lowest BCUT2D eigenvalue weighted by atomic mass is 10.1. The first kappa shape index (κ1) is 31.5. The number of aromatic carboxylic acids is 1. The molecule has 0 radical (unpaired) electrons. The number of para-hydroxylation sites is 1. The number of hydrogen-bond donors (Lipinski definition) is 3. The van der Waals surface area contributed by atoms with Crippen molar-refractivity contribution in [2.24, 2.45) is 0 Å².